The van der Waals surface area contributed by atoms with Crippen LogP contribution in [0.5, 0.6) is 0 Å². The largest absolute Gasteiger partial charge is 0.375 e. The van der Waals surface area contributed by atoms with Crippen molar-refractivity contribution in [3.8, 4) is 0 Å². The monoisotopic (exact) mass is 204 g/mol. The van der Waals surface area contributed by atoms with E-state index >= 15 is 0 Å². The third kappa shape index (κ3) is 1.58. The van der Waals surface area contributed by atoms with E-state index in [4.69, 9.17) is 0 Å². The number of anilines is 1. The number of hydrogen-bond donors (Lipinski definition) is 1. The average Bonchev–Trinajstić information content (AvgIpc) is 2.38. The molecule has 1 N–H and O–H groups in total. The maximum Gasteiger partial charge on any atom is 0.262 e. The van der Waals surface area contributed by atoms with Crippen molar-refractivity contribution in [3.63, 3.8) is 0 Å². The average molecular weight is 204 g/mol. The first kappa shape index (κ1) is 9.71. The van der Waals surface area contributed by atoms with Gasteiger partial charge in [0.05, 0.1) is 12.1 Å². The molecule has 0 radical (unpaired) electrons. The number of likely N-dealkylation sites (N-methyl/N-ethyl adjacent to an activating group) is 1. The van der Waals surface area contributed by atoms with Gasteiger partial charge in [-0.05, 0) is 19.1 Å². The van der Waals surface area contributed by atoms with Crippen LogP contribution in [0.4, 0.5) is 5.69 Å². The van der Waals surface area contributed by atoms with Crippen molar-refractivity contribution in [1.29, 1.82) is 0 Å². The van der Waals surface area contributed by atoms with Gasteiger partial charge in [-0.25, -0.2) is 0 Å². The van der Waals surface area contributed by atoms with Crippen LogP contribution < -0.4 is 5.32 Å². The summed E-state index contributed by atoms with van der Waals surface area (Å²) in [6.45, 7) is 2.38. The maximum absolute atomic E-state index is 11.9. The molecule has 15 heavy (non-hydrogen) atoms. The van der Waals surface area contributed by atoms with Crippen molar-refractivity contribution in [2.45, 2.75) is 6.92 Å². The Morgan fingerprint density at radius 1 is 1.33 bits per heavy atom. The fourth-order valence-corrected chi connectivity index (χ4v) is 1.67. The smallest absolute Gasteiger partial charge is 0.262 e. The topological polar surface area (TPSA) is 49.4 Å². The van der Waals surface area contributed by atoms with Crippen LogP contribution in [0.15, 0.2) is 24.3 Å². The maximum atomic E-state index is 11.9. The fourth-order valence-electron chi connectivity index (χ4n) is 1.67. The Morgan fingerprint density at radius 2 is 2.07 bits per heavy atom. The van der Waals surface area contributed by atoms with E-state index in [-0.39, 0.29) is 18.4 Å². The first-order valence-corrected chi connectivity index (χ1v) is 4.91. The quantitative estimate of drug-likeness (QED) is 0.697. The highest BCUT2D eigenvalue weighted by atomic mass is 16.2. The minimum absolute atomic E-state index is 0.177. The number of fused-ring (bicyclic) bond motifs is 1. The molecule has 0 unspecified atom stereocenters. The van der Waals surface area contributed by atoms with Gasteiger partial charge < -0.3 is 5.32 Å². The van der Waals surface area contributed by atoms with E-state index in [1.165, 1.54) is 4.90 Å². The van der Waals surface area contributed by atoms with Crippen LogP contribution in [-0.4, -0.2) is 29.8 Å². The lowest BCUT2D eigenvalue weighted by Crippen LogP contribution is -2.37. The zero-order chi connectivity index (χ0) is 10.8. The normalized spacial score (nSPS) is 15.7. The van der Waals surface area contributed by atoms with E-state index in [1.807, 2.05) is 6.07 Å². The molecule has 2 amide bonds. The molecule has 0 bridgehead atoms. The number of nitrogens with zero attached hydrogens (tertiary/aromatic N) is 1. The molecule has 0 aromatic heterocycles. The van der Waals surface area contributed by atoms with Gasteiger partial charge >= 0.3 is 0 Å². The Hall–Kier alpha value is -1.84. The molecule has 0 aliphatic carbocycles. The van der Waals surface area contributed by atoms with Gasteiger partial charge in [-0.1, -0.05) is 12.1 Å². The number of imide groups is 1. The molecule has 1 aromatic carbocycles. The minimum Gasteiger partial charge on any atom is -0.375 e. The van der Waals surface area contributed by atoms with Gasteiger partial charge in [0.1, 0.15) is 0 Å². The van der Waals surface area contributed by atoms with E-state index in [0.29, 0.717) is 12.1 Å². The molecular weight excluding hydrogens is 192 g/mol. The molecule has 1 heterocycles. The molecule has 1 aromatic rings. The molecule has 0 saturated carbocycles. The first-order valence-electron chi connectivity index (χ1n) is 4.91. The number of hydrogen-bond acceptors (Lipinski definition) is 3. The van der Waals surface area contributed by atoms with Crippen molar-refractivity contribution >= 4 is 17.5 Å². The molecule has 0 atom stereocenters. The van der Waals surface area contributed by atoms with Crippen molar-refractivity contribution in [3.05, 3.63) is 29.8 Å². The van der Waals surface area contributed by atoms with Crippen LogP contribution in [0.25, 0.3) is 0 Å². The Bertz CT molecular complexity index is 415. The highest BCUT2D eigenvalue weighted by molar-refractivity contribution is 6.10. The van der Waals surface area contributed by atoms with E-state index in [2.05, 4.69) is 5.32 Å². The number of carbonyl (C=O) groups is 2. The molecule has 0 spiro atoms. The Labute approximate surface area is 87.9 Å². The van der Waals surface area contributed by atoms with Crippen LogP contribution in [0.3, 0.4) is 0 Å². The highest BCUT2D eigenvalue weighted by Gasteiger charge is 2.26. The van der Waals surface area contributed by atoms with Gasteiger partial charge in [0.15, 0.2) is 0 Å². The third-order valence-corrected chi connectivity index (χ3v) is 2.45. The molecule has 1 aliphatic heterocycles. The second-order valence-electron chi connectivity index (χ2n) is 3.34. The number of carbonyl (C=O) groups excluding carboxylic acids is 2. The third-order valence-electron chi connectivity index (χ3n) is 2.45. The van der Waals surface area contributed by atoms with Gasteiger partial charge in [-0.15, -0.1) is 0 Å². The summed E-state index contributed by atoms with van der Waals surface area (Å²) in [5.74, 6) is -0.401. The zero-order valence-electron chi connectivity index (χ0n) is 8.49. The van der Waals surface area contributed by atoms with Crippen LogP contribution in [-0.2, 0) is 4.79 Å². The van der Waals surface area contributed by atoms with Crippen LogP contribution in [0.2, 0.25) is 0 Å². The molecule has 2 rings (SSSR count). The predicted molar refractivity (Wildman–Crippen MR) is 56.6 cm³/mol. The van der Waals surface area contributed by atoms with Gasteiger partial charge in [-0.2, -0.15) is 0 Å². The van der Waals surface area contributed by atoms with E-state index < -0.39 is 0 Å². The summed E-state index contributed by atoms with van der Waals surface area (Å²) in [6, 6.07) is 7.17. The van der Waals surface area contributed by atoms with E-state index in [1.54, 1.807) is 25.1 Å². The molecular formula is C11H12N2O2. The summed E-state index contributed by atoms with van der Waals surface area (Å²) < 4.78 is 0. The predicted octanol–water partition coefficient (Wildman–Crippen LogP) is 1.10. The summed E-state index contributed by atoms with van der Waals surface area (Å²) >= 11 is 0. The minimum atomic E-state index is -0.219. The summed E-state index contributed by atoms with van der Waals surface area (Å²) in [5.41, 5.74) is 1.29. The number of nitrogens with one attached hydrogen (secondary N) is 1. The number of rotatable bonds is 1. The summed E-state index contributed by atoms with van der Waals surface area (Å²) in [7, 11) is 0. The first-order chi connectivity index (χ1) is 7.24. The number of benzene rings is 1. The molecule has 4 heteroatoms. The zero-order valence-corrected chi connectivity index (χ0v) is 8.49. The molecule has 4 nitrogen and oxygen atoms in total. The van der Waals surface area contributed by atoms with Crippen LogP contribution in [0.1, 0.15) is 17.3 Å². The molecule has 1 aliphatic rings. The van der Waals surface area contributed by atoms with Crippen molar-refractivity contribution in [1.82, 2.24) is 4.90 Å². The van der Waals surface area contributed by atoms with Gasteiger partial charge in [0.25, 0.3) is 5.91 Å². The SMILES string of the molecule is CCN1C(=O)CNc2ccccc2C1=O. The summed E-state index contributed by atoms with van der Waals surface area (Å²) in [5, 5.41) is 2.96. The van der Waals surface area contributed by atoms with Crippen LogP contribution in [0, 0.1) is 0 Å². The molecule has 0 saturated heterocycles. The lowest BCUT2D eigenvalue weighted by molar-refractivity contribution is -0.126. The lowest BCUT2D eigenvalue weighted by atomic mass is 10.1. The highest BCUT2D eigenvalue weighted by Crippen LogP contribution is 2.19. The van der Waals surface area contributed by atoms with Gasteiger partial charge in [-0.3, -0.25) is 14.5 Å². The Balaban J connectivity index is 2.47. The molecule has 0 fully saturated rings. The molecule has 78 valence electrons. The van der Waals surface area contributed by atoms with Crippen molar-refractivity contribution < 1.29 is 9.59 Å². The lowest BCUT2D eigenvalue weighted by Gasteiger charge is -2.15. The number of para-hydroxylation sites is 1. The summed E-state index contributed by atoms with van der Waals surface area (Å²) in [6.07, 6.45) is 0. The van der Waals surface area contributed by atoms with Gasteiger partial charge in [0, 0.05) is 12.2 Å². The Morgan fingerprint density at radius 3 is 2.80 bits per heavy atom. The fraction of sp³-hybridized carbons (Fsp3) is 0.273. The van der Waals surface area contributed by atoms with Crippen molar-refractivity contribution in [2.75, 3.05) is 18.4 Å². The standard InChI is InChI=1S/C11H12N2O2/c1-2-13-10(14)7-12-9-6-4-3-5-8(9)11(13)15/h3-6,12H,2,7H2,1H3. The second-order valence-corrected chi connectivity index (χ2v) is 3.34. The van der Waals surface area contributed by atoms with Gasteiger partial charge in [0.2, 0.25) is 5.91 Å². The van der Waals surface area contributed by atoms with Crippen molar-refractivity contribution in [2.24, 2.45) is 0 Å². The Kier molecular flexibility index (Phi) is 2.41. The summed E-state index contributed by atoms with van der Waals surface area (Å²) in [4.78, 5) is 24.8. The second kappa shape index (κ2) is 3.73. The van der Waals surface area contributed by atoms with E-state index in [9.17, 15) is 9.59 Å². The number of amides is 2. The van der Waals surface area contributed by atoms with Crippen LogP contribution >= 0.6 is 0 Å². The van der Waals surface area contributed by atoms with E-state index in [0.717, 1.165) is 5.69 Å².